The lowest BCUT2D eigenvalue weighted by atomic mass is 10.0. The summed E-state index contributed by atoms with van der Waals surface area (Å²) in [5, 5.41) is 0. The molecule has 0 saturated heterocycles. The van der Waals surface area contributed by atoms with E-state index in [4.69, 9.17) is 5.73 Å². The van der Waals surface area contributed by atoms with Crippen molar-refractivity contribution in [1.82, 2.24) is 9.97 Å². The number of carbonyl (C=O) groups is 1. The number of hydrogen-bond donors (Lipinski definition) is 2. The number of benzene rings is 2. The molecule has 120 valence electrons. The molecule has 6 heteroatoms. The van der Waals surface area contributed by atoms with Crippen LogP contribution in [0.25, 0.3) is 11.4 Å². The lowest BCUT2D eigenvalue weighted by Crippen LogP contribution is -2.24. The van der Waals surface area contributed by atoms with Crippen LogP contribution < -0.4 is 10.6 Å². The molecule has 1 aliphatic rings. The highest BCUT2D eigenvalue weighted by Crippen LogP contribution is 2.35. The summed E-state index contributed by atoms with van der Waals surface area (Å²) in [6.45, 7) is 2.22. The molecule has 24 heavy (non-hydrogen) atoms. The number of nitrogens with two attached hydrogens (primary N) is 1. The Labute approximate surface area is 137 Å². The predicted molar refractivity (Wildman–Crippen MR) is 90.1 cm³/mol. The molecule has 0 saturated carbocycles. The standard InChI is InChI=1S/C18H15FN4O/c1-10-8-21-17(22-10)13-4-2-3-11-9-23(18(24)16(11)13)15-6-5-12(20)7-14(15)19/h2-8H,9,20H2,1H3,(H,21,22). The van der Waals surface area contributed by atoms with Gasteiger partial charge >= 0.3 is 0 Å². The predicted octanol–water partition coefficient (Wildman–Crippen LogP) is 3.27. The first kappa shape index (κ1) is 14.4. The van der Waals surface area contributed by atoms with E-state index < -0.39 is 5.82 Å². The van der Waals surface area contributed by atoms with Gasteiger partial charge in [-0.3, -0.25) is 4.79 Å². The minimum Gasteiger partial charge on any atom is -0.399 e. The summed E-state index contributed by atoms with van der Waals surface area (Å²) in [6, 6.07) is 9.95. The quantitative estimate of drug-likeness (QED) is 0.711. The maximum absolute atomic E-state index is 14.2. The van der Waals surface area contributed by atoms with Crippen LogP contribution in [-0.4, -0.2) is 15.9 Å². The van der Waals surface area contributed by atoms with Crippen LogP contribution >= 0.6 is 0 Å². The number of aromatic nitrogens is 2. The zero-order valence-electron chi connectivity index (χ0n) is 13.0. The normalized spacial score (nSPS) is 13.4. The van der Waals surface area contributed by atoms with Gasteiger partial charge in [-0.2, -0.15) is 0 Å². The van der Waals surface area contributed by atoms with Gasteiger partial charge < -0.3 is 15.6 Å². The van der Waals surface area contributed by atoms with Crippen LogP contribution in [-0.2, 0) is 6.54 Å². The molecule has 0 fully saturated rings. The van der Waals surface area contributed by atoms with Crippen LogP contribution in [0.5, 0.6) is 0 Å². The van der Waals surface area contributed by atoms with Gasteiger partial charge in [-0.25, -0.2) is 9.37 Å². The second-order valence-corrected chi connectivity index (χ2v) is 5.86. The molecule has 2 heterocycles. The van der Waals surface area contributed by atoms with Crippen molar-refractivity contribution >= 4 is 17.3 Å². The van der Waals surface area contributed by atoms with Gasteiger partial charge in [0.05, 0.1) is 17.8 Å². The highest BCUT2D eigenvalue weighted by Gasteiger charge is 2.33. The minimum absolute atomic E-state index is 0.229. The van der Waals surface area contributed by atoms with Crippen LogP contribution in [0.15, 0.2) is 42.6 Å². The number of fused-ring (bicyclic) bond motifs is 1. The lowest BCUT2D eigenvalue weighted by Gasteiger charge is -2.17. The van der Waals surface area contributed by atoms with E-state index in [0.717, 1.165) is 16.8 Å². The number of aryl methyl sites for hydroxylation is 1. The summed E-state index contributed by atoms with van der Waals surface area (Å²) in [6.07, 6.45) is 1.71. The van der Waals surface area contributed by atoms with Crippen molar-refractivity contribution in [3.05, 3.63) is 65.2 Å². The molecule has 1 amide bonds. The number of nitrogen functional groups attached to an aromatic ring is 1. The summed E-state index contributed by atoms with van der Waals surface area (Å²) in [5.41, 5.74) is 9.19. The number of aromatic amines is 1. The number of imidazole rings is 1. The molecule has 3 N–H and O–H groups in total. The van der Waals surface area contributed by atoms with Crippen LogP contribution in [0.3, 0.4) is 0 Å². The Bertz CT molecular complexity index is 963. The largest absolute Gasteiger partial charge is 0.399 e. The number of nitrogens with one attached hydrogen (secondary N) is 1. The van der Waals surface area contributed by atoms with Gasteiger partial charge in [-0.05, 0) is 30.7 Å². The third kappa shape index (κ3) is 2.15. The van der Waals surface area contributed by atoms with E-state index in [1.165, 1.54) is 17.0 Å². The van der Waals surface area contributed by atoms with E-state index in [1.54, 1.807) is 12.3 Å². The molecule has 4 rings (SSSR count). The van der Waals surface area contributed by atoms with Crippen molar-refractivity contribution in [3.63, 3.8) is 0 Å². The average molecular weight is 322 g/mol. The fourth-order valence-electron chi connectivity index (χ4n) is 3.05. The fourth-order valence-corrected chi connectivity index (χ4v) is 3.05. The summed E-state index contributed by atoms with van der Waals surface area (Å²) in [5.74, 6) is -0.109. The van der Waals surface area contributed by atoms with Gasteiger partial charge in [0.2, 0.25) is 0 Å². The Balaban J connectivity index is 1.81. The van der Waals surface area contributed by atoms with E-state index in [-0.39, 0.29) is 11.6 Å². The number of hydrogen-bond acceptors (Lipinski definition) is 3. The fraction of sp³-hybridized carbons (Fsp3) is 0.111. The number of H-pyrrole nitrogens is 1. The van der Waals surface area contributed by atoms with Gasteiger partial charge in [0.15, 0.2) is 0 Å². The number of amides is 1. The van der Waals surface area contributed by atoms with E-state index in [0.29, 0.717) is 23.6 Å². The number of anilines is 2. The SMILES string of the molecule is Cc1cnc(-c2cccc3c2C(=O)N(c2ccc(N)cc2F)C3)[nH]1. The molecule has 0 spiro atoms. The van der Waals surface area contributed by atoms with Gasteiger partial charge in [0.25, 0.3) is 5.91 Å². The molecule has 5 nitrogen and oxygen atoms in total. The van der Waals surface area contributed by atoms with Crippen molar-refractivity contribution in [2.75, 3.05) is 10.6 Å². The summed E-state index contributed by atoms with van der Waals surface area (Å²) in [7, 11) is 0. The van der Waals surface area contributed by atoms with E-state index in [9.17, 15) is 9.18 Å². The topological polar surface area (TPSA) is 75.0 Å². The second kappa shape index (κ2) is 5.19. The molecule has 0 radical (unpaired) electrons. The molecule has 0 aliphatic carbocycles. The molecule has 1 aliphatic heterocycles. The molecule has 0 atom stereocenters. The van der Waals surface area contributed by atoms with Crippen LogP contribution in [0, 0.1) is 12.7 Å². The molecule has 0 unspecified atom stereocenters. The summed E-state index contributed by atoms with van der Waals surface area (Å²) < 4.78 is 14.2. The first-order chi connectivity index (χ1) is 11.5. The smallest absolute Gasteiger partial charge is 0.259 e. The number of carbonyl (C=O) groups excluding carboxylic acids is 1. The van der Waals surface area contributed by atoms with E-state index >= 15 is 0 Å². The number of halogens is 1. The second-order valence-electron chi connectivity index (χ2n) is 5.86. The van der Waals surface area contributed by atoms with Crippen LogP contribution in [0.2, 0.25) is 0 Å². The maximum atomic E-state index is 14.2. The van der Waals surface area contributed by atoms with Crippen molar-refractivity contribution in [3.8, 4) is 11.4 Å². The average Bonchev–Trinajstić information content (AvgIpc) is 3.12. The Hall–Kier alpha value is -3.15. The van der Waals surface area contributed by atoms with Gasteiger partial charge in [0, 0.05) is 23.1 Å². The maximum Gasteiger partial charge on any atom is 0.259 e. The monoisotopic (exact) mass is 322 g/mol. The summed E-state index contributed by atoms with van der Waals surface area (Å²) in [4.78, 5) is 21.8. The van der Waals surface area contributed by atoms with Crippen LogP contribution in [0.1, 0.15) is 21.6 Å². The van der Waals surface area contributed by atoms with E-state index in [2.05, 4.69) is 9.97 Å². The molecular weight excluding hydrogens is 307 g/mol. The third-order valence-corrected chi connectivity index (χ3v) is 4.16. The Morgan fingerprint density at radius 2 is 2.12 bits per heavy atom. The first-order valence-corrected chi connectivity index (χ1v) is 7.55. The van der Waals surface area contributed by atoms with Gasteiger partial charge in [-0.15, -0.1) is 0 Å². The first-order valence-electron chi connectivity index (χ1n) is 7.55. The van der Waals surface area contributed by atoms with Gasteiger partial charge in [0.1, 0.15) is 11.6 Å². The Morgan fingerprint density at radius 1 is 1.29 bits per heavy atom. The summed E-state index contributed by atoms with van der Waals surface area (Å²) >= 11 is 0. The minimum atomic E-state index is -0.508. The Kier molecular flexibility index (Phi) is 3.13. The van der Waals surface area contributed by atoms with E-state index in [1.807, 2.05) is 25.1 Å². The molecule has 2 aromatic carbocycles. The number of nitrogens with zero attached hydrogens (tertiary/aromatic N) is 2. The van der Waals surface area contributed by atoms with Crippen molar-refractivity contribution < 1.29 is 9.18 Å². The zero-order valence-corrected chi connectivity index (χ0v) is 13.0. The lowest BCUT2D eigenvalue weighted by molar-refractivity contribution is 0.0996. The highest BCUT2D eigenvalue weighted by molar-refractivity contribution is 6.13. The van der Waals surface area contributed by atoms with Crippen LogP contribution in [0.4, 0.5) is 15.8 Å². The van der Waals surface area contributed by atoms with Crippen molar-refractivity contribution in [1.29, 1.82) is 0 Å². The van der Waals surface area contributed by atoms with Crippen molar-refractivity contribution in [2.45, 2.75) is 13.5 Å². The highest BCUT2D eigenvalue weighted by atomic mass is 19.1. The zero-order chi connectivity index (χ0) is 16.8. The van der Waals surface area contributed by atoms with Crippen molar-refractivity contribution in [2.24, 2.45) is 0 Å². The number of rotatable bonds is 2. The Morgan fingerprint density at radius 3 is 2.83 bits per heavy atom. The van der Waals surface area contributed by atoms with Gasteiger partial charge in [-0.1, -0.05) is 18.2 Å². The molecular formula is C18H15FN4O. The molecule has 0 bridgehead atoms. The molecule has 3 aromatic rings. The molecule has 1 aromatic heterocycles. The third-order valence-electron chi connectivity index (χ3n) is 4.16.